The number of benzene rings is 1. The molecule has 0 saturated carbocycles. The van der Waals surface area contributed by atoms with Crippen LogP contribution in [0.1, 0.15) is 0 Å². The highest BCUT2D eigenvalue weighted by Crippen LogP contribution is 2.23. The molecular weight excluding hydrogens is 196 g/mol. The van der Waals surface area contributed by atoms with Gasteiger partial charge in [0.15, 0.2) is 0 Å². The first-order chi connectivity index (χ1) is 7.84. The topological polar surface area (TPSA) is 30.4 Å². The van der Waals surface area contributed by atoms with Crippen LogP contribution < -0.4 is 5.73 Å². The van der Waals surface area contributed by atoms with Crippen LogP contribution in [-0.2, 0) is 0 Å². The molecule has 0 aliphatic carbocycles. The van der Waals surface area contributed by atoms with E-state index in [0.29, 0.717) is 0 Å². The van der Waals surface area contributed by atoms with Gasteiger partial charge in [0.2, 0.25) is 0 Å². The van der Waals surface area contributed by atoms with E-state index in [1.54, 1.807) is 0 Å². The van der Waals surface area contributed by atoms with Gasteiger partial charge in [-0.05, 0) is 42.0 Å². The molecule has 1 aromatic carbocycles. The van der Waals surface area contributed by atoms with E-state index in [-0.39, 0.29) is 0 Å². The van der Waals surface area contributed by atoms with E-state index in [9.17, 15) is 0 Å². The van der Waals surface area contributed by atoms with Crippen LogP contribution in [0.3, 0.4) is 0 Å². The fraction of sp³-hybridized carbons (Fsp3) is 0. The summed E-state index contributed by atoms with van der Waals surface area (Å²) < 4.78 is 2.17. The molecule has 0 bridgehead atoms. The Labute approximate surface area is 93.9 Å². The number of rotatable bonds is 1. The van der Waals surface area contributed by atoms with Crippen molar-refractivity contribution in [3.8, 4) is 11.3 Å². The molecule has 2 nitrogen and oxygen atoms in total. The van der Waals surface area contributed by atoms with Crippen LogP contribution in [0.4, 0.5) is 5.69 Å². The molecule has 0 unspecified atom stereocenters. The second-order valence-corrected chi connectivity index (χ2v) is 3.84. The zero-order chi connectivity index (χ0) is 11.0. The van der Waals surface area contributed by atoms with Gasteiger partial charge in [-0.15, -0.1) is 0 Å². The molecular formula is C14H12N2. The Hall–Kier alpha value is -2.22. The van der Waals surface area contributed by atoms with Crippen molar-refractivity contribution in [3.63, 3.8) is 0 Å². The van der Waals surface area contributed by atoms with E-state index in [0.717, 1.165) is 5.69 Å². The summed E-state index contributed by atoms with van der Waals surface area (Å²) in [6.07, 6.45) is 2.07. The van der Waals surface area contributed by atoms with Crippen molar-refractivity contribution in [2.45, 2.75) is 0 Å². The number of fused-ring (bicyclic) bond motifs is 1. The van der Waals surface area contributed by atoms with Crippen LogP contribution in [0.2, 0.25) is 0 Å². The zero-order valence-corrected chi connectivity index (χ0v) is 8.80. The zero-order valence-electron chi connectivity index (χ0n) is 8.80. The Kier molecular flexibility index (Phi) is 1.93. The molecule has 0 fully saturated rings. The maximum absolute atomic E-state index is 5.69. The Morgan fingerprint density at radius 1 is 0.812 bits per heavy atom. The average Bonchev–Trinajstić information content (AvgIpc) is 2.74. The summed E-state index contributed by atoms with van der Waals surface area (Å²) >= 11 is 0. The third kappa shape index (κ3) is 1.36. The molecule has 0 aliphatic heterocycles. The lowest BCUT2D eigenvalue weighted by Gasteiger charge is -2.03. The molecule has 0 amide bonds. The lowest BCUT2D eigenvalue weighted by atomic mass is 10.1. The van der Waals surface area contributed by atoms with Gasteiger partial charge in [0.1, 0.15) is 0 Å². The molecule has 0 saturated heterocycles. The Morgan fingerprint density at radius 3 is 2.44 bits per heavy atom. The predicted octanol–water partition coefficient (Wildman–Crippen LogP) is 3.19. The molecule has 16 heavy (non-hydrogen) atoms. The number of aromatic nitrogens is 1. The highest BCUT2D eigenvalue weighted by atomic mass is 14.9. The molecule has 2 heterocycles. The van der Waals surface area contributed by atoms with E-state index in [2.05, 4.69) is 28.8 Å². The van der Waals surface area contributed by atoms with Gasteiger partial charge in [0, 0.05) is 17.4 Å². The van der Waals surface area contributed by atoms with E-state index >= 15 is 0 Å². The fourth-order valence-electron chi connectivity index (χ4n) is 1.95. The van der Waals surface area contributed by atoms with Gasteiger partial charge in [-0.25, -0.2) is 0 Å². The molecule has 0 atom stereocenters. The van der Waals surface area contributed by atoms with Crippen molar-refractivity contribution < 1.29 is 0 Å². The molecule has 0 radical (unpaired) electrons. The first kappa shape index (κ1) is 9.04. The van der Waals surface area contributed by atoms with Crippen LogP contribution in [-0.4, -0.2) is 4.40 Å². The van der Waals surface area contributed by atoms with Crippen LogP contribution in [0.5, 0.6) is 0 Å². The van der Waals surface area contributed by atoms with Crippen molar-refractivity contribution in [1.29, 1.82) is 0 Å². The number of nitrogens with zero attached hydrogens (tertiary/aromatic N) is 1. The number of hydrogen-bond acceptors (Lipinski definition) is 1. The van der Waals surface area contributed by atoms with Gasteiger partial charge >= 0.3 is 0 Å². The van der Waals surface area contributed by atoms with Gasteiger partial charge in [-0.2, -0.15) is 0 Å². The lowest BCUT2D eigenvalue weighted by Crippen LogP contribution is -1.88. The van der Waals surface area contributed by atoms with Crippen molar-refractivity contribution in [2.75, 3.05) is 5.73 Å². The Bertz CT molecular complexity index is 621. The van der Waals surface area contributed by atoms with Crippen molar-refractivity contribution in [2.24, 2.45) is 0 Å². The highest BCUT2D eigenvalue weighted by Gasteiger charge is 2.02. The van der Waals surface area contributed by atoms with Gasteiger partial charge in [0.25, 0.3) is 0 Å². The first-order valence-electron chi connectivity index (χ1n) is 5.26. The number of nitrogens with two attached hydrogens (primary N) is 1. The molecule has 0 spiro atoms. The normalized spacial score (nSPS) is 10.8. The third-order valence-electron chi connectivity index (χ3n) is 2.77. The van der Waals surface area contributed by atoms with Crippen molar-refractivity contribution in [1.82, 2.24) is 4.40 Å². The summed E-state index contributed by atoms with van der Waals surface area (Å²) in [6, 6.07) is 18.4. The van der Waals surface area contributed by atoms with Crippen molar-refractivity contribution >= 4 is 11.2 Å². The smallest absolute Gasteiger partial charge is 0.0528 e. The average molecular weight is 208 g/mol. The number of nitrogen functional groups attached to an aromatic ring is 1. The third-order valence-corrected chi connectivity index (χ3v) is 2.77. The lowest BCUT2D eigenvalue weighted by molar-refractivity contribution is 1.20. The minimum absolute atomic E-state index is 0.796. The summed E-state index contributed by atoms with van der Waals surface area (Å²) in [5, 5.41) is 0. The maximum Gasteiger partial charge on any atom is 0.0528 e. The Morgan fingerprint density at radius 2 is 1.62 bits per heavy atom. The van der Waals surface area contributed by atoms with E-state index in [1.807, 2.05) is 36.4 Å². The minimum Gasteiger partial charge on any atom is -0.399 e. The van der Waals surface area contributed by atoms with Gasteiger partial charge in [-0.1, -0.05) is 18.2 Å². The molecule has 2 aromatic heterocycles. The van der Waals surface area contributed by atoms with Crippen LogP contribution >= 0.6 is 0 Å². The van der Waals surface area contributed by atoms with Crippen LogP contribution in [0.15, 0.2) is 60.8 Å². The second-order valence-electron chi connectivity index (χ2n) is 3.84. The minimum atomic E-state index is 0.796. The monoisotopic (exact) mass is 208 g/mol. The summed E-state index contributed by atoms with van der Waals surface area (Å²) in [5.74, 6) is 0. The largest absolute Gasteiger partial charge is 0.399 e. The van der Waals surface area contributed by atoms with E-state index < -0.39 is 0 Å². The Balaban J connectivity index is 2.22. The highest BCUT2D eigenvalue weighted by molar-refractivity contribution is 5.68. The summed E-state index contributed by atoms with van der Waals surface area (Å²) in [4.78, 5) is 0. The van der Waals surface area contributed by atoms with Gasteiger partial charge in [0.05, 0.1) is 5.69 Å². The predicted molar refractivity (Wildman–Crippen MR) is 67.2 cm³/mol. The summed E-state index contributed by atoms with van der Waals surface area (Å²) in [7, 11) is 0. The molecule has 78 valence electrons. The van der Waals surface area contributed by atoms with E-state index in [1.165, 1.54) is 16.8 Å². The van der Waals surface area contributed by atoms with Crippen LogP contribution in [0.25, 0.3) is 16.8 Å². The van der Waals surface area contributed by atoms with Crippen LogP contribution in [0, 0.1) is 0 Å². The fourth-order valence-corrected chi connectivity index (χ4v) is 1.95. The summed E-state index contributed by atoms with van der Waals surface area (Å²) in [6.45, 7) is 0. The molecule has 2 heteroatoms. The molecule has 0 aliphatic rings. The number of hydrogen-bond donors (Lipinski definition) is 1. The molecule has 2 N–H and O–H groups in total. The van der Waals surface area contributed by atoms with Gasteiger partial charge in [-0.3, -0.25) is 0 Å². The summed E-state index contributed by atoms with van der Waals surface area (Å²) in [5.41, 5.74) is 10.1. The first-order valence-corrected chi connectivity index (χ1v) is 5.26. The van der Waals surface area contributed by atoms with Gasteiger partial charge < -0.3 is 10.1 Å². The maximum atomic E-state index is 5.69. The molecule has 3 aromatic rings. The van der Waals surface area contributed by atoms with E-state index in [4.69, 9.17) is 5.73 Å². The second kappa shape index (κ2) is 3.42. The van der Waals surface area contributed by atoms with Crippen molar-refractivity contribution in [3.05, 3.63) is 60.8 Å². The standard InChI is InChI=1S/C14H12N2/c15-12-6-4-11(5-7-12)14-9-8-13-3-1-2-10-16(13)14/h1-10H,15H2. The number of pyridine rings is 1. The molecule has 3 rings (SSSR count). The SMILES string of the molecule is Nc1ccc(-c2ccc3ccccn23)cc1. The quantitative estimate of drug-likeness (QED) is 0.612. The number of anilines is 1.